The summed E-state index contributed by atoms with van der Waals surface area (Å²) in [7, 11) is 0. The summed E-state index contributed by atoms with van der Waals surface area (Å²) in [6, 6.07) is 0. The van der Waals surface area contributed by atoms with Crippen LogP contribution in [0.5, 0.6) is 0 Å². The lowest BCUT2D eigenvalue weighted by Crippen LogP contribution is -2.35. The third-order valence-electron chi connectivity index (χ3n) is 1.33. The number of hydrogen-bond donors (Lipinski definition) is 0. The molecule has 68 valence electrons. The molecule has 7 heteroatoms. The molecule has 0 N–H and O–H groups in total. The van der Waals surface area contributed by atoms with Gasteiger partial charge in [0.1, 0.15) is 6.54 Å². The van der Waals surface area contributed by atoms with Gasteiger partial charge in [0.25, 0.3) is 11.8 Å². The molecule has 0 aromatic rings. The van der Waals surface area contributed by atoms with Gasteiger partial charge in [0.05, 0.1) is 12.4 Å². The average molecular weight is 200 g/mol. The second-order valence-corrected chi connectivity index (χ2v) is 2.28. The Bertz CT molecular complexity index is 294. The van der Waals surface area contributed by atoms with Crippen molar-refractivity contribution in [3.05, 3.63) is 12.2 Å². The highest BCUT2D eigenvalue weighted by atomic mass is 32.1. The normalized spacial score (nSPS) is 14.9. The summed E-state index contributed by atoms with van der Waals surface area (Å²) in [5.41, 5.74) is 0. The number of imide groups is 1. The Labute approximate surface area is 78.3 Å². The number of carbonyl (C=O) groups is 3. The lowest BCUT2D eigenvalue weighted by Gasteiger charge is -2.09. The summed E-state index contributed by atoms with van der Waals surface area (Å²) in [5, 5.41) is 0. The van der Waals surface area contributed by atoms with Crippen LogP contribution in [0.1, 0.15) is 0 Å². The fourth-order valence-corrected chi connectivity index (χ4v) is 0.870. The van der Waals surface area contributed by atoms with E-state index >= 15 is 0 Å². The predicted octanol–water partition coefficient (Wildman–Crippen LogP) is -0.900. The molecule has 0 bridgehead atoms. The van der Waals surface area contributed by atoms with Crippen LogP contribution in [0.15, 0.2) is 16.7 Å². The Hall–Kier alpha value is -1.63. The summed E-state index contributed by atoms with van der Waals surface area (Å²) >= 11 is 4.01. The number of carbonyl (C=O) groups excluding carboxylic acids is 3. The van der Waals surface area contributed by atoms with E-state index in [9.17, 15) is 14.4 Å². The van der Waals surface area contributed by atoms with Crippen LogP contribution in [0.3, 0.4) is 0 Å². The molecule has 0 atom stereocenters. The van der Waals surface area contributed by atoms with Crippen molar-refractivity contribution in [1.82, 2.24) is 4.90 Å². The average Bonchev–Trinajstić information content (AvgIpc) is 2.36. The molecule has 0 aromatic heterocycles. The van der Waals surface area contributed by atoms with Gasteiger partial charge in [0, 0.05) is 12.2 Å². The van der Waals surface area contributed by atoms with Gasteiger partial charge >= 0.3 is 5.97 Å². The zero-order valence-corrected chi connectivity index (χ0v) is 7.11. The van der Waals surface area contributed by atoms with Crippen LogP contribution in [0, 0.1) is 0 Å². The molecule has 1 heterocycles. The smallest absolute Gasteiger partial charge is 0.304 e. The van der Waals surface area contributed by atoms with Crippen molar-refractivity contribution in [1.29, 1.82) is 0 Å². The first-order valence-electron chi connectivity index (χ1n) is 3.21. The number of hydrogen-bond acceptors (Lipinski definition) is 6. The molecule has 1 aliphatic heterocycles. The Morgan fingerprint density at radius 3 is 2.46 bits per heavy atom. The van der Waals surface area contributed by atoms with Gasteiger partial charge < -0.3 is 4.84 Å². The summed E-state index contributed by atoms with van der Waals surface area (Å²) in [6.45, 7) is -0.467. The van der Waals surface area contributed by atoms with Crippen molar-refractivity contribution in [2.45, 2.75) is 0 Å². The lowest BCUT2D eigenvalue weighted by molar-refractivity contribution is -0.151. The fraction of sp³-hybridized carbons (Fsp3) is 0.167. The number of nitrogens with zero attached hydrogens (tertiary/aromatic N) is 2. The lowest BCUT2D eigenvalue weighted by atomic mass is 10.5. The van der Waals surface area contributed by atoms with E-state index in [0.717, 1.165) is 17.1 Å². The van der Waals surface area contributed by atoms with E-state index in [2.05, 4.69) is 21.8 Å². The van der Waals surface area contributed by atoms with E-state index in [-0.39, 0.29) is 0 Å². The molecule has 0 aromatic carbocycles. The van der Waals surface area contributed by atoms with E-state index in [4.69, 9.17) is 0 Å². The molecule has 0 fully saturated rings. The molecular formula is C6H4N2O4S. The van der Waals surface area contributed by atoms with E-state index < -0.39 is 24.3 Å². The van der Waals surface area contributed by atoms with Gasteiger partial charge in [-0.1, -0.05) is 0 Å². The molecule has 0 unspecified atom stereocenters. The van der Waals surface area contributed by atoms with Gasteiger partial charge in [-0.15, -0.1) is 0 Å². The molecule has 0 saturated heterocycles. The first-order valence-corrected chi connectivity index (χ1v) is 3.57. The molecule has 6 nitrogen and oxygen atoms in total. The van der Waals surface area contributed by atoms with Crippen molar-refractivity contribution in [3.63, 3.8) is 0 Å². The summed E-state index contributed by atoms with van der Waals surface area (Å²) in [6.07, 6.45) is 2.14. The van der Waals surface area contributed by atoms with Gasteiger partial charge in [-0.05, 0) is 4.53 Å². The van der Waals surface area contributed by atoms with Gasteiger partial charge in [-0.25, -0.2) is 4.79 Å². The number of rotatable bonds is 3. The van der Waals surface area contributed by atoms with Gasteiger partial charge in [0.2, 0.25) is 0 Å². The molecule has 0 aliphatic carbocycles. The third kappa shape index (κ3) is 2.15. The highest BCUT2D eigenvalue weighted by Gasteiger charge is 2.26. The summed E-state index contributed by atoms with van der Waals surface area (Å²) in [4.78, 5) is 37.2. The zero-order valence-electron chi connectivity index (χ0n) is 6.30. The minimum absolute atomic E-state index is 0.467. The van der Waals surface area contributed by atoms with E-state index in [0.29, 0.717) is 0 Å². The Morgan fingerprint density at radius 1 is 1.46 bits per heavy atom. The Morgan fingerprint density at radius 2 is 2.00 bits per heavy atom. The molecule has 2 amide bonds. The maximum absolute atomic E-state index is 10.9. The van der Waals surface area contributed by atoms with E-state index in [1.807, 2.05) is 0 Å². The molecule has 1 aliphatic rings. The monoisotopic (exact) mass is 200 g/mol. The van der Waals surface area contributed by atoms with Crippen LogP contribution >= 0.6 is 0 Å². The molecule has 0 saturated carbocycles. The second kappa shape index (κ2) is 3.85. The highest BCUT2D eigenvalue weighted by molar-refractivity contribution is 7.47. The van der Waals surface area contributed by atoms with Crippen molar-refractivity contribution in [3.8, 4) is 0 Å². The van der Waals surface area contributed by atoms with Crippen molar-refractivity contribution >= 4 is 30.2 Å². The van der Waals surface area contributed by atoms with Crippen LogP contribution < -0.4 is 0 Å². The minimum atomic E-state index is -0.847. The fourth-order valence-electron chi connectivity index (χ4n) is 0.786. The van der Waals surface area contributed by atoms with Crippen LogP contribution in [0.4, 0.5) is 0 Å². The zero-order chi connectivity index (χ0) is 9.84. The topological polar surface area (TPSA) is 76.0 Å². The van der Waals surface area contributed by atoms with E-state index in [1.165, 1.54) is 0 Å². The molecular weight excluding hydrogens is 196 g/mol. The molecule has 0 radical (unpaired) electrons. The van der Waals surface area contributed by atoms with Gasteiger partial charge in [-0.2, -0.15) is 0 Å². The second-order valence-electron chi connectivity index (χ2n) is 2.13. The standard InChI is InChI=1S/C6H4N2O4S/c9-4-1-2-5(10)8(4)3-6(11)12-7-13/h1-2H,3H2. The first kappa shape index (κ1) is 9.46. The van der Waals surface area contributed by atoms with Crippen LogP contribution in [-0.4, -0.2) is 29.2 Å². The maximum Gasteiger partial charge on any atom is 0.355 e. The molecule has 1 rings (SSSR count). The number of amides is 2. The van der Waals surface area contributed by atoms with Crippen LogP contribution in [0.25, 0.3) is 0 Å². The van der Waals surface area contributed by atoms with E-state index in [1.54, 1.807) is 0 Å². The van der Waals surface area contributed by atoms with Crippen molar-refractivity contribution < 1.29 is 19.2 Å². The Balaban J connectivity index is 2.55. The van der Waals surface area contributed by atoms with Gasteiger partial charge in [-0.3, -0.25) is 14.5 Å². The van der Waals surface area contributed by atoms with Crippen LogP contribution in [0.2, 0.25) is 0 Å². The first-order chi connectivity index (χ1) is 6.15. The van der Waals surface area contributed by atoms with Crippen molar-refractivity contribution in [2.24, 2.45) is 4.53 Å². The van der Waals surface area contributed by atoms with Crippen molar-refractivity contribution in [2.75, 3.05) is 6.54 Å². The third-order valence-corrected chi connectivity index (χ3v) is 1.40. The molecule has 13 heavy (non-hydrogen) atoms. The SMILES string of the molecule is O=C(CN1C(=O)C=CC1=O)ON=S. The van der Waals surface area contributed by atoms with Crippen LogP contribution in [-0.2, 0) is 31.6 Å². The summed E-state index contributed by atoms with van der Waals surface area (Å²) in [5.74, 6) is -1.95. The molecule has 0 spiro atoms. The summed E-state index contributed by atoms with van der Waals surface area (Å²) < 4.78 is 2.69. The quantitative estimate of drug-likeness (QED) is 0.436. The minimum Gasteiger partial charge on any atom is -0.304 e. The maximum atomic E-state index is 10.9. The predicted molar refractivity (Wildman–Crippen MR) is 41.7 cm³/mol. The Kier molecular flexibility index (Phi) is 2.80. The highest BCUT2D eigenvalue weighted by Crippen LogP contribution is 2.02. The largest absolute Gasteiger partial charge is 0.355 e. The van der Waals surface area contributed by atoms with Gasteiger partial charge in [0.15, 0.2) is 0 Å².